The number of aryl methyl sites for hydroxylation is 1. The summed E-state index contributed by atoms with van der Waals surface area (Å²) >= 11 is 0. The molecule has 1 aliphatic heterocycles. The van der Waals surface area contributed by atoms with Crippen molar-refractivity contribution in [2.45, 2.75) is 32.2 Å². The minimum atomic E-state index is 0.401. The van der Waals surface area contributed by atoms with Crippen LogP contribution in [0, 0.1) is 13.8 Å². The van der Waals surface area contributed by atoms with Crippen molar-refractivity contribution in [2.24, 2.45) is 0 Å². The summed E-state index contributed by atoms with van der Waals surface area (Å²) < 4.78 is 0. The highest BCUT2D eigenvalue weighted by Crippen LogP contribution is 2.50. The van der Waals surface area contributed by atoms with Gasteiger partial charge in [0.2, 0.25) is 0 Å². The predicted molar refractivity (Wildman–Crippen MR) is 77.0 cm³/mol. The third-order valence-corrected chi connectivity index (χ3v) is 4.66. The second kappa shape index (κ2) is 3.53. The minimum absolute atomic E-state index is 0.401. The van der Waals surface area contributed by atoms with Gasteiger partial charge in [0.25, 0.3) is 0 Å². The monoisotopic (exact) mass is 251 g/mol. The molecular formula is C17H17NO. The highest BCUT2D eigenvalue weighted by Gasteiger charge is 2.41. The van der Waals surface area contributed by atoms with Gasteiger partial charge in [-0.3, -0.25) is 0 Å². The fraction of sp³-hybridized carbons (Fsp3) is 0.294. The molecule has 0 bridgehead atoms. The van der Waals surface area contributed by atoms with Gasteiger partial charge in [-0.05, 0) is 54.2 Å². The lowest BCUT2D eigenvalue weighted by atomic mass is 9.89. The number of para-hydroxylation sites is 1. The minimum Gasteiger partial charge on any atom is -0.507 e. The standard InChI is InChI=1S/C17H17NO/c1-9-7-11-8-14-16(15(11)10(2)17(9)19)12-5-3-4-6-13(12)18-14/h3-7,14,16,18-19H,8H2,1-2H3. The summed E-state index contributed by atoms with van der Waals surface area (Å²) in [5, 5.41) is 13.8. The summed E-state index contributed by atoms with van der Waals surface area (Å²) in [6, 6.07) is 11.1. The third kappa shape index (κ3) is 1.31. The Morgan fingerprint density at radius 2 is 2.00 bits per heavy atom. The molecule has 2 N–H and O–H groups in total. The summed E-state index contributed by atoms with van der Waals surface area (Å²) in [4.78, 5) is 0. The quantitative estimate of drug-likeness (QED) is 0.751. The summed E-state index contributed by atoms with van der Waals surface area (Å²) in [5.41, 5.74) is 7.40. The largest absolute Gasteiger partial charge is 0.507 e. The Kier molecular flexibility index (Phi) is 2.03. The van der Waals surface area contributed by atoms with E-state index in [1.807, 2.05) is 13.8 Å². The Bertz CT molecular complexity index is 690. The van der Waals surface area contributed by atoms with E-state index in [0.717, 1.165) is 17.5 Å². The van der Waals surface area contributed by atoms with Crippen LogP contribution >= 0.6 is 0 Å². The van der Waals surface area contributed by atoms with Gasteiger partial charge in [-0.1, -0.05) is 24.3 Å². The van der Waals surface area contributed by atoms with E-state index in [9.17, 15) is 5.11 Å². The molecule has 2 heteroatoms. The number of fused-ring (bicyclic) bond motifs is 5. The third-order valence-electron chi connectivity index (χ3n) is 4.66. The van der Waals surface area contributed by atoms with Crippen LogP contribution in [0.4, 0.5) is 5.69 Å². The molecule has 0 fully saturated rings. The summed E-state index contributed by atoms with van der Waals surface area (Å²) in [5.74, 6) is 0.862. The van der Waals surface area contributed by atoms with Crippen molar-refractivity contribution in [3.05, 3.63) is 58.1 Å². The van der Waals surface area contributed by atoms with Crippen molar-refractivity contribution < 1.29 is 5.11 Å². The van der Waals surface area contributed by atoms with E-state index in [1.54, 1.807) is 0 Å². The van der Waals surface area contributed by atoms with Crippen LogP contribution in [0.25, 0.3) is 0 Å². The second-order valence-electron chi connectivity index (χ2n) is 5.76. The molecule has 0 radical (unpaired) electrons. The number of hydrogen-bond donors (Lipinski definition) is 2. The fourth-order valence-electron chi connectivity index (χ4n) is 3.84. The number of hydrogen-bond acceptors (Lipinski definition) is 2. The highest BCUT2D eigenvalue weighted by molar-refractivity contribution is 5.68. The van der Waals surface area contributed by atoms with E-state index in [0.29, 0.717) is 17.7 Å². The van der Waals surface area contributed by atoms with Crippen molar-refractivity contribution >= 4 is 5.69 Å². The van der Waals surface area contributed by atoms with Gasteiger partial charge < -0.3 is 10.4 Å². The Morgan fingerprint density at radius 1 is 1.21 bits per heavy atom. The number of phenolic OH excluding ortho intramolecular Hbond substituents is 1. The first-order valence-electron chi connectivity index (χ1n) is 6.84. The Hall–Kier alpha value is -1.96. The van der Waals surface area contributed by atoms with Crippen molar-refractivity contribution in [1.82, 2.24) is 0 Å². The van der Waals surface area contributed by atoms with Crippen LogP contribution in [0.3, 0.4) is 0 Å². The Balaban J connectivity index is 1.96. The maximum atomic E-state index is 10.2. The first-order chi connectivity index (χ1) is 9.16. The second-order valence-corrected chi connectivity index (χ2v) is 5.76. The molecule has 2 aliphatic rings. The number of anilines is 1. The normalized spacial score (nSPS) is 22.6. The molecule has 96 valence electrons. The van der Waals surface area contributed by atoms with Gasteiger partial charge in [0, 0.05) is 17.6 Å². The van der Waals surface area contributed by atoms with Crippen LogP contribution in [0.15, 0.2) is 30.3 Å². The predicted octanol–water partition coefficient (Wildman–Crippen LogP) is 3.49. The lowest BCUT2D eigenvalue weighted by Crippen LogP contribution is -2.17. The lowest BCUT2D eigenvalue weighted by molar-refractivity contribution is 0.465. The number of nitrogens with one attached hydrogen (secondary N) is 1. The molecule has 1 heterocycles. The van der Waals surface area contributed by atoms with E-state index >= 15 is 0 Å². The number of benzene rings is 2. The van der Waals surface area contributed by atoms with E-state index < -0.39 is 0 Å². The van der Waals surface area contributed by atoms with E-state index in [2.05, 4.69) is 35.6 Å². The summed E-state index contributed by atoms with van der Waals surface area (Å²) in [7, 11) is 0. The molecular weight excluding hydrogens is 234 g/mol. The van der Waals surface area contributed by atoms with Gasteiger partial charge >= 0.3 is 0 Å². The average Bonchev–Trinajstić information content (AvgIpc) is 2.91. The van der Waals surface area contributed by atoms with Crippen LogP contribution in [-0.2, 0) is 6.42 Å². The number of phenols is 1. The van der Waals surface area contributed by atoms with Crippen LogP contribution in [0.1, 0.15) is 33.7 Å². The van der Waals surface area contributed by atoms with Crippen LogP contribution in [-0.4, -0.2) is 11.1 Å². The molecule has 0 saturated heterocycles. The molecule has 2 aromatic carbocycles. The van der Waals surface area contributed by atoms with Crippen molar-refractivity contribution in [3.8, 4) is 5.75 Å². The van der Waals surface area contributed by atoms with E-state index in [1.165, 1.54) is 22.4 Å². The summed E-state index contributed by atoms with van der Waals surface area (Å²) in [6.45, 7) is 4.03. The lowest BCUT2D eigenvalue weighted by Gasteiger charge is -2.15. The van der Waals surface area contributed by atoms with E-state index in [4.69, 9.17) is 0 Å². The van der Waals surface area contributed by atoms with Gasteiger partial charge in [-0.25, -0.2) is 0 Å². The van der Waals surface area contributed by atoms with Gasteiger partial charge in [0.05, 0.1) is 0 Å². The molecule has 2 aromatic rings. The fourth-order valence-corrected chi connectivity index (χ4v) is 3.84. The molecule has 19 heavy (non-hydrogen) atoms. The molecule has 0 aromatic heterocycles. The maximum Gasteiger partial charge on any atom is 0.121 e. The SMILES string of the molecule is Cc1cc2c(c(C)c1O)C1c3ccccc3NC1C2. The Morgan fingerprint density at radius 3 is 2.84 bits per heavy atom. The zero-order valence-corrected chi connectivity index (χ0v) is 11.2. The average molecular weight is 251 g/mol. The van der Waals surface area contributed by atoms with E-state index in [-0.39, 0.29) is 0 Å². The zero-order valence-electron chi connectivity index (χ0n) is 11.2. The highest BCUT2D eigenvalue weighted by atomic mass is 16.3. The van der Waals surface area contributed by atoms with Crippen molar-refractivity contribution in [3.63, 3.8) is 0 Å². The van der Waals surface area contributed by atoms with Crippen LogP contribution in [0.5, 0.6) is 5.75 Å². The van der Waals surface area contributed by atoms with Crippen LogP contribution in [0.2, 0.25) is 0 Å². The molecule has 4 rings (SSSR count). The first kappa shape index (κ1) is 10.9. The first-order valence-corrected chi connectivity index (χ1v) is 6.84. The van der Waals surface area contributed by atoms with Gasteiger partial charge in [0.1, 0.15) is 5.75 Å². The molecule has 0 amide bonds. The van der Waals surface area contributed by atoms with Gasteiger partial charge in [0.15, 0.2) is 0 Å². The van der Waals surface area contributed by atoms with Gasteiger partial charge in [-0.15, -0.1) is 0 Å². The Labute approximate surface area is 113 Å². The maximum absolute atomic E-state index is 10.2. The molecule has 1 aliphatic carbocycles. The smallest absolute Gasteiger partial charge is 0.121 e. The number of aromatic hydroxyl groups is 1. The summed E-state index contributed by atoms with van der Waals surface area (Å²) in [6.07, 6.45) is 1.05. The van der Waals surface area contributed by atoms with Gasteiger partial charge in [-0.2, -0.15) is 0 Å². The van der Waals surface area contributed by atoms with Crippen LogP contribution < -0.4 is 5.32 Å². The molecule has 2 nitrogen and oxygen atoms in total. The zero-order chi connectivity index (χ0) is 13.1. The van der Waals surface area contributed by atoms with Crippen molar-refractivity contribution in [2.75, 3.05) is 5.32 Å². The molecule has 0 saturated carbocycles. The molecule has 2 unspecified atom stereocenters. The number of rotatable bonds is 0. The molecule has 2 atom stereocenters. The molecule has 0 spiro atoms. The topological polar surface area (TPSA) is 32.3 Å². The van der Waals surface area contributed by atoms with Crippen molar-refractivity contribution in [1.29, 1.82) is 0 Å².